The van der Waals surface area contributed by atoms with E-state index in [9.17, 15) is 9.18 Å². The van der Waals surface area contributed by atoms with Crippen LogP contribution in [0.3, 0.4) is 0 Å². The number of carbonyl (C=O) groups excluding carboxylic acids is 1. The molecule has 4 nitrogen and oxygen atoms in total. The molecular weight excluding hydrogens is 341 g/mol. The second kappa shape index (κ2) is 7.49. The summed E-state index contributed by atoms with van der Waals surface area (Å²) in [6.45, 7) is 2.79. The summed E-state index contributed by atoms with van der Waals surface area (Å²) in [5.74, 6) is -0.620. The van der Waals surface area contributed by atoms with Gasteiger partial charge in [0.15, 0.2) is 5.69 Å². The van der Waals surface area contributed by atoms with E-state index in [1.165, 1.54) is 10.7 Å². The van der Waals surface area contributed by atoms with Crippen LogP contribution in [0.4, 0.5) is 4.39 Å². The molecule has 0 saturated carbocycles. The Hall–Kier alpha value is -2.66. The lowest BCUT2D eigenvalue weighted by Gasteiger charge is -2.20. The van der Waals surface area contributed by atoms with Gasteiger partial charge < -0.3 is 4.90 Å². The third kappa shape index (κ3) is 3.72. The fourth-order valence-corrected chi connectivity index (χ4v) is 2.73. The Morgan fingerprint density at radius 2 is 1.88 bits per heavy atom. The molecule has 0 aliphatic carbocycles. The van der Waals surface area contributed by atoms with Crippen molar-refractivity contribution in [2.24, 2.45) is 0 Å². The van der Waals surface area contributed by atoms with Crippen molar-refractivity contribution in [1.29, 1.82) is 0 Å². The first-order valence-electron chi connectivity index (χ1n) is 7.93. The van der Waals surface area contributed by atoms with Gasteiger partial charge in [0.1, 0.15) is 11.5 Å². The van der Waals surface area contributed by atoms with Crippen LogP contribution in [0.25, 0.3) is 5.69 Å². The number of aromatic nitrogens is 2. The van der Waals surface area contributed by atoms with Gasteiger partial charge in [-0.15, -0.1) is 0 Å². The van der Waals surface area contributed by atoms with E-state index in [-0.39, 0.29) is 11.6 Å². The lowest BCUT2D eigenvalue weighted by molar-refractivity contribution is 0.0746. The Kier molecular flexibility index (Phi) is 5.14. The molecule has 1 amide bonds. The molecule has 0 radical (unpaired) electrons. The minimum Gasteiger partial charge on any atom is -0.333 e. The fourth-order valence-electron chi connectivity index (χ4n) is 2.53. The third-order valence-electron chi connectivity index (χ3n) is 3.90. The number of hydrogen-bond acceptors (Lipinski definition) is 2. The highest BCUT2D eigenvalue weighted by atomic mass is 35.5. The second-order valence-corrected chi connectivity index (χ2v) is 5.91. The third-order valence-corrected chi connectivity index (χ3v) is 4.26. The number of halogens is 2. The first kappa shape index (κ1) is 17.2. The molecule has 0 fully saturated rings. The molecule has 3 rings (SSSR count). The van der Waals surface area contributed by atoms with Gasteiger partial charge in [-0.05, 0) is 36.8 Å². The molecule has 1 heterocycles. The maximum absolute atomic E-state index is 13.9. The highest BCUT2D eigenvalue weighted by molar-refractivity contribution is 6.31. The van der Waals surface area contributed by atoms with Crippen molar-refractivity contribution in [2.45, 2.75) is 13.5 Å². The van der Waals surface area contributed by atoms with Crippen LogP contribution in [0.5, 0.6) is 0 Å². The molecule has 6 heteroatoms. The number of nitrogens with zero attached hydrogens (tertiary/aromatic N) is 3. The van der Waals surface area contributed by atoms with E-state index in [1.807, 2.05) is 25.1 Å². The SMILES string of the molecule is CCN(Cc1ccccc1Cl)C(=O)c1ccn(-c2ccccc2F)n1. The average molecular weight is 358 g/mol. The molecule has 3 aromatic rings. The summed E-state index contributed by atoms with van der Waals surface area (Å²) in [6.07, 6.45) is 1.58. The van der Waals surface area contributed by atoms with E-state index in [0.717, 1.165) is 5.56 Å². The molecule has 1 aromatic heterocycles. The summed E-state index contributed by atoms with van der Waals surface area (Å²) in [6, 6.07) is 15.3. The van der Waals surface area contributed by atoms with Gasteiger partial charge in [0.25, 0.3) is 5.91 Å². The Morgan fingerprint density at radius 3 is 2.60 bits per heavy atom. The molecule has 0 spiro atoms. The Morgan fingerprint density at radius 1 is 1.16 bits per heavy atom. The first-order valence-corrected chi connectivity index (χ1v) is 8.31. The van der Waals surface area contributed by atoms with E-state index in [0.29, 0.717) is 23.8 Å². The van der Waals surface area contributed by atoms with E-state index < -0.39 is 5.82 Å². The van der Waals surface area contributed by atoms with Gasteiger partial charge >= 0.3 is 0 Å². The zero-order valence-corrected chi connectivity index (χ0v) is 14.4. The predicted molar refractivity (Wildman–Crippen MR) is 95.4 cm³/mol. The van der Waals surface area contributed by atoms with Gasteiger partial charge in [-0.2, -0.15) is 5.10 Å². The van der Waals surface area contributed by atoms with Crippen molar-refractivity contribution in [3.63, 3.8) is 0 Å². The molecule has 25 heavy (non-hydrogen) atoms. The second-order valence-electron chi connectivity index (χ2n) is 5.51. The van der Waals surface area contributed by atoms with Crippen molar-refractivity contribution in [1.82, 2.24) is 14.7 Å². The molecule has 128 valence electrons. The number of benzene rings is 2. The van der Waals surface area contributed by atoms with Crippen molar-refractivity contribution >= 4 is 17.5 Å². The number of rotatable bonds is 5. The highest BCUT2D eigenvalue weighted by Gasteiger charge is 2.19. The lowest BCUT2D eigenvalue weighted by Crippen LogP contribution is -2.30. The minimum absolute atomic E-state index is 0.225. The van der Waals surface area contributed by atoms with Gasteiger partial charge in [0.2, 0.25) is 0 Å². The standard InChI is InChI=1S/C19H17ClFN3O/c1-2-23(13-14-7-3-4-8-15(14)20)19(25)17-11-12-24(22-17)18-10-6-5-9-16(18)21/h3-12H,2,13H2,1H3. The summed E-state index contributed by atoms with van der Waals surface area (Å²) in [5.41, 5.74) is 1.43. The topological polar surface area (TPSA) is 38.1 Å². The van der Waals surface area contributed by atoms with Gasteiger partial charge in [-0.25, -0.2) is 9.07 Å². The van der Waals surface area contributed by atoms with Gasteiger partial charge in [-0.3, -0.25) is 4.79 Å². The predicted octanol–water partition coefficient (Wildman–Crippen LogP) is 4.33. The van der Waals surface area contributed by atoms with Crippen molar-refractivity contribution in [3.8, 4) is 5.69 Å². The number of amides is 1. The van der Waals surface area contributed by atoms with Gasteiger partial charge in [0, 0.05) is 24.3 Å². The maximum atomic E-state index is 13.9. The summed E-state index contributed by atoms with van der Waals surface area (Å²) in [4.78, 5) is 14.4. The fraction of sp³-hybridized carbons (Fsp3) is 0.158. The Balaban J connectivity index is 1.82. The zero-order chi connectivity index (χ0) is 17.8. The number of para-hydroxylation sites is 1. The molecule has 0 aliphatic rings. The Labute approximate surface area is 150 Å². The lowest BCUT2D eigenvalue weighted by atomic mass is 10.2. The first-order chi connectivity index (χ1) is 12.1. The van der Waals surface area contributed by atoms with Crippen LogP contribution in [0.1, 0.15) is 23.0 Å². The molecule has 0 saturated heterocycles. The zero-order valence-electron chi connectivity index (χ0n) is 13.7. The smallest absolute Gasteiger partial charge is 0.274 e. The van der Waals surface area contributed by atoms with Crippen LogP contribution in [-0.4, -0.2) is 27.1 Å². The van der Waals surface area contributed by atoms with Crippen LogP contribution in [0.15, 0.2) is 60.8 Å². The molecule has 0 unspecified atom stereocenters. The molecular formula is C19H17ClFN3O. The van der Waals surface area contributed by atoms with Crippen LogP contribution in [0, 0.1) is 5.82 Å². The van der Waals surface area contributed by atoms with Crippen LogP contribution in [-0.2, 0) is 6.54 Å². The molecule has 0 bridgehead atoms. The monoisotopic (exact) mass is 357 g/mol. The van der Waals surface area contributed by atoms with E-state index in [4.69, 9.17) is 11.6 Å². The quantitative estimate of drug-likeness (QED) is 0.681. The summed E-state index contributed by atoms with van der Waals surface area (Å²) >= 11 is 6.18. The molecule has 2 aromatic carbocycles. The van der Waals surface area contributed by atoms with Gasteiger partial charge in [0.05, 0.1) is 0 Å². The van der Waals surface area contributed by atoms with Crippen LogP contribution < -0.4 is 0 Å². The molecule has 0 atom stereocenters. The number of hydrogen-bond donors (Lipinski definition) is 0. The van der Waals surface area contributed by atoms with E-state index in [2.05, 4.69) is 5.10 Å². The summed E-state index contributed by atoms with van der Waals surface area (Å²) in [5, 5.41) is 4.84. The van der Waals surface area contributed by atoms with Gasteiger partial charge in [-0.1, -0.05) is 41.9 Å². The van der Waals surface area contributed by atoms with Crippen LogP contribution >= 0.6 is 11.6 Å². The van der Waals surface area contributed by atoms with Crippen molar-refractivity contribution < 1.29 is 9.18 Å². The van der Waals surface area contributed by atoms with Crippen molar-refractivity contribution in [2.75, 3.05) is 6.54 Å². The normalized spacial score (nSPS) is 10.7. The largest absolute Gasteiger partial charge is 0.333 e. The average Bonchev–Trinajstić information content (AvgIpc) is 3.11. The van der Waals surface area contributed by atoms with E-state index in [1.54, 1.807) is 41.4 Å². The maximum Gasteiger partial charge on any atom is 0.274 e. The summed E-state index contributed by atoms with van der Waals surface area (Å²) < 4.78 is 15.2. The number of carbonyl (C=O) groups is 1. The molecule has 0 aliphatic heterocycles. The Bertz CT molecular complexity index is 894. The summed E-state index contributed by atoms with van der Waals surface area (Å²) in [7, 11) is 0. The van der Waals surface area contributed by atoms with E-state index >= 15 is 0 Å². The highest BCUT2D eigenvalue weighted by Crippen LogP contribution is 2.18. The minimum atomic E-state index is -0.395. The van der Waals surface area contributed by atoms with Crippen LogP contribution in [0.2, 0.25) is 5.02 Å². The molecule has 0 N–H and O–H groups in total. The van der Waals surface area contributed by atoms with Crippen molar-refractivity contribution in [3.05, 3.63) is 82.9 Å².